The first-order valence-electron chi connectivity index (χ1n) is 7.43. The molecule has 0 aliphatic carbocycles. The maximum atomic E-state index is 12.0. The SMILES string of the molecule is COCCNC(=O)CNC(=O)[C@H]1CC(c2ccc(C)cc2)=NO1. The maximum Gasteiger partial charge on any atom is 0.264 e. The van der Waals surface area contributed by atoms with Crippen LogP contribution in [0.25, 0.3) is 0 Å². The number of nitrogens with one attached hydrogen (secondary N) is 2. The highest BCUT2D eigenvalue weighted by molar-refractivity contribution is 6.04. The van der Waals surface area contributed by atoms with Crippen molar-refractivity contribution in [3.05, 3.63) is 35.4 Å². The van der Waals surface area contributed by atoms with Gasteiger partial charge in [0.05, 0.1) is 18.9 Å². The van der Waals surface area contributed by atoms with Gasteiger partial charge < -0.3 is 20.2 Å². The van der Waals surface area contributed by atoms with Gasteiger partial charge in [0.15, 0.2) is 0 Å². The Bertz CT molecular complexity index is 583. The van der Waals surface area contributed by atoms with Crippen LogP contribution in [0.4, 0.5) is 0 Å². The van der Waals surface area contributed by atoms with Crippen LogP contribution in [0.5, 0.6) is 0 Å². The molecule has 0 saturated heterocycles. The van der Waals surface area contributed by atoms with Crippen LogP contribution in [-0.4, -0.2) is 50.4 Å². The molecule has 2 rings (SSSR count). The van der Waals surface area contributed by atoms with Gasteiger partial charge in [-0.3, -0.25) is 9.59 Å². The van der Waals surface area contributed by atoms with Crippen molar-refractivity contribution < 1.29 is 19.2 Å². The molecule has 0 bridgehead atoms. The van der Waals surface area contributed by atoms with Crippen molar-refractivity contribution >= 4 is 17.5 Å². The molecule has 0 saturated carbocycles. The Balaban J connectivity index is 1.75. The number of ether oxygens (including phenoxy) is 1. The van der Waals surface area contributed by atoms with Gasteiger partial charge in [-0.15, -0.1) is 0 Å². The molecule has 1 aliphatic heterocycles. The lowest BCUT2D eigenvalue weighted by atomic mass is 10.0. The quantitative estimate of drug-likeness (QED) is 0.711. The summed E-state index contributed by atoms with van der Waals surface area (Å²) < 4.78 is 4.82. The first-order valence-corrected chi connectivity index (χ1v) is 7.43. The van der Waals surface area contributed by atoms with Gasteiger partial charge in [0, 0.05) is 20.1 Å². The monoisotopic (exact) mass is 319 g/mol. The van der Waals surface area contributed by atoms with E-state index in [2.05, 4.69) is 15.8 Å². The average molecular weight is 319 g/mol. The lowest BCUT2D eigenvalue weighted by Crippen LogP contribution is -2.42. The zero-order valence-electron chi connectivity index (χ0n) is 13.3. The Hall–Kier alpha value is -2.41. The van der Waals surface area contributed by atoms with Gasteiger partial charge in [-0.1, -0.05) is 35.0 Å². The van der Waals surface area contributed by atoms with E-state index in [1.807, 2.05) is 31.2 Å². The van der Waals surface area contributed by atoms with Crippen molar-refractivity contribution in [1.82, 2.24) is 10.6 Å². The molecule has 1 atom stereocenters. The summed E-state index contributed by atoms with van der Waals surface area (Å²) in [5.74, 6) is -0.620. The standard InChI is InChI=1S/C16H21N3O4/c1-11-3-5-12(6-4-11)13-9-14(23-19-13)16(21)18-10-15(20)17-7-8-22-2/h3-6,14H,7-10H2,1-2H3,(H,17,20)(H,18,21)/t14-/m1/s1. The number of oxime groups is 1. The molecular formula is C16H21N3O4. The van der Waals surface area contributed by atoms with Crippen LogP contribution in [0.1, 0.15) is 17.5 Å². The Morgan fingerprint density at radius 2 is 2.04 bits per heavy atom. The smallest absolute Gasteiger partial charge is 0.264 e. The second kappa shape index (κ2) is 8.28. The molecule has 2 amide bonds. The van der Waals surface area contributed by atoms with E-state index >= 15 is 0 Å². The highest BCUT2D eigenvalue weighted by Gasteiger charge is 2.28. The largest absolute Gasteiger partial charge is 0.383 e. The van der Waals surface area contributed by atoms with E-state index in [0.717, 1.165) is 16.8 Å². The summed E-state index contributed by atoms with van der Waals surface area (Å²) >= 11 is 0. The van der Waals surface area contributed by atoms with Gasteiger partial charge >= 0.3 is 0 Å². The number of hydrogen-bond acceptors (Lipinski definition) is 5. The van der Waals surface area contributed by atoms with Gasteiger partial charge in [-0.05, 0) is 12.5 Å². The van der Waals surface area contributed by atoms with E-state index in [1.54, 1.807) is 7.11 Å². The minimum Gasteiger partial charge on any atom is -0.383 e. The molecule has 1 aromatic rings. The Kier molecular flexibility index (Phi) is 6.10. The van der Waals surface area contributed by atoms with Gasteiger partial charge in [0.2, 0.25) is 12.0 Å². The normalized spacial score (nSPS) is 16.4. The number of carbonyl (C=O) groups excluding carboxylic acids is 2. The number of carbonyl (C=O) groups is 2. The van der Waals surface area contributed by atoms with Crippen LogP contribution < -0.4 is 10.6 Å². The minimum atomic E-state index is -0.696. The molecule has 1 aliphatic rings. The number of methoxy groups -OCH3 is 1. The fourth-order valence-corrected chi connectivity index (χ4v) is 2.07. The molecular weight excluding hydrogens is 298 g/mol. The van der Waals surface area contributed by atoms with E-state index < -0.39 is 6.10 Å². The van der Waals surface area contributed by atoms with Crippen LogP contribution >= 0.6 is 0 Å². The summed E-state index contributed by atoms with van der Waals surface area (Å²) in [6.45, 7) is 2.75. The molecule has 0 spiro atoms. The lowest BCUT2D eigenvalue weighted by molar-refractivity contribution is -0.133. The summed E-state index contributed by atoms with van der Waals surface area (Å²) in [4.78, 5) is 28.7. The van der Waals surface area contributed by atoms with Crippen molar-refractivity contribution in [2.75, 3.05) is 26.8 Å². The summed E-state index contributed by atoms with van der Waals surface area (Å²) in [5.41, 5.74) is 2.82. The highest BCUT2D eigenvalue weighted by atomic mass is 16.6. The molecule has 1 heterocycles. The summed E-state index contributed by atoms with van der Waals surface area (Å²) in [7, 11) is 1.55. The van der Waals surface area contributed by atoms with Crippen molar-refractivity contribution in [1.29, 1.82) is 0 Å². The number of benzene rings is 1. The first-order chi connectivity index (χ1) is 11.1. The molecule has 7 nitrogen and oxygen atoms in total. The van der Waals surface area contributed by atoms with Crippen molar-refractivity contribution in [3.8, 4) is 0 Å². The molecule has 7 heteroatoms. The third-order valence-corrected chi connectivity index (χ3v) is 3.40. The van der Waals surface area contributed by atoms with Gasteiger partial charge in [0.1, 0.15) is 0 Å². The van der Waals surface area contributed by atoms with Crippen molar-refractivity contribution in [3.63, 3.8) is 0 Å². The Morgan fingerprint density at radius 3 is 2.74 bits per heavy atom. The number of aryl methyl sites for hydroxylation is 1. The van der Waals surface area contributed by atoms with E-state index in [1.165, 1.54) is 0 Å². The molecule has 23 heavy (non-hydrogen) atoms. The third kappa shape index (κ3) is 5.07. The second-order valence-corrected chi connectivity index (χ2v) is 5.26. The summed E-state index contributed by atoms with van der Waals surface area (Å²) in [5, 5.41) is 9.13. The van der Waals surface area contributed by atoms with Gasteiger partial charge in [0.25, 0.3) is 5.91 Å². The van der Waals surface area contributed by atoms with Crippen LogP contribution in [0.15, 0.2) is 29.4 Å². The van der Waals surface area contributed by atoms with E-state index in [9.17, 15) is 9.59 Å². The molecule has 124 valence electrons. The maximum absolute atomic E-state index is 12.0. The third-order valence-electron chi connectivity index (χ3n) is 3.40. The van der Waals surface area contributed by atoms with E-state index in [-0.39, 0.29) is 18.4 Å². The minimum absolute atomic E-state index is 0.0950. The summed E-state index contributed by atoms with van der Waals surface area (Å²) in [6.07, 6.45) is -0.307. The molecule has 0 unspecified atom stereocenters. The fraction of sp³-hybridized carbons (Fsp3) is 0.438. The first kappa shape index (κ1) is 17.0. The fourth-order valence-electron chi connectivity index (χ4n) is 2.07. The van der Waals surface area contributed by atoms with Crippen LogP contribution in [0.3, 0.4) is 0 Å². The molecule has 0 fully saturated rings. The predicted molar refractivity (Wildman–Crippen MR) is 85.1 cm³/mol. The summed E-state index contributed by atoms with van der Waals surface area (Å²) in [6, 6.07) is 7.85. The molecule has 0 radical (unpaired) electrons. The van der Waals surface area contributed by atoms with Crippen LogP contribution in [0, 0.1) is 6.92 Å². The zero-order valence-corrected chi connectivity index (χ0v) is 13.3. The topological polar surface area (TPSA) is 89.0 Å². The Morgan fingerprint density at radius 1 is 1.30 bits per heavy atom. The molecule has 0 aromatic heterocycles. The zero-order chi connectivity index (χ0) is 16.7. The van der Waals surface area contributed by atoms with Gasteiger partial charge in [-0.25, -0.2) is 0 Å². The second-order valence-electron chi connectivity index (χ2n) is 5.26. The van der Waals surface area contributed by atoms with Crippen LogP contribution in [-0.2, 0) is 19.2 Å². The number of rotatable bonds is 7. The number of amides is 2. The van der Waals surface area contributed by atoms with E-state index in [4.69, 9.17) is 9.57 Å². The molecule has 1 aromatic carbocycles. The average Bonchev–Trinajstić information content (AvgIpc) is 3.03. The number of nitrogens with zero attached hydrogens (tertiary/aromatic N) is 1. The lowest BCUT2D eigenvalue weighted by Gasteiger charge is -2.09. The van der Waals surface area contributed by atoms with Crippen molar-refractivity contribution in [2.24, 2.45) is 5.16 Å². The van der Waals surface area contributed by atoms with Gasteiger partial charge in [-0.2, -0.15) is 0 Å². The highest BCUT2D eigenvalue weighted by Crippen LogP contribution is 2.17. The Labute approximate surface area is 135 Å². The van der Waals surface area contributed by atoms with Crippen LogP contribution in [0.2, 0.25) is 0 Å². The van der Waals surface area contributed by atoms with E-state index in [0.29, 0.717) is 19.6 Å². The van der Waals surface area contributed by atoms with Crippen molar-refractivity contribution in [2.45, 2.75) is 19.4 Å². The molecule has 2 N–H and O–H groups in total. The number of hydrogen-bond donors (Lipinski definition) is 2. The predicted octanol–water partition coefficient (Wildman–Crippen LogP) is 0.367.